The summed E-state index contributed by atoms with van der Waals surface area (Å²) in [4.78, 5) is 4.84. The zero-order valence-corrected chi connectivity index (χ0v) is 17.9. The molecule has 0 saturated carbocycles. The Morgan fingerprint density at radius 1 is 1.17 bits per heavy atom. The van der Waals surface area contributed by atoms with Gasteiger partial charge in [-0.15, -0.1) is 24.0 Å². The van der Waals surface area contributed by atoms with Gasteiger partial charge in [0.25, 0.3) is 0 Å². The third-order valence-corrected chi connectivity index (χ3v) is 5.05. The molecule has 0 heterocycles. The molecule has 1 aromatic rings. The van der Waals surface area contributed by atoms with Gasteiger partial charge in [0, 0.05) is 19.6 Å². The smallest absolute Gasteiger partial charge is 0.191 e. The molecule has 0 aliphatic rings. The van der Waals surface area contributed by atoms with Crippen molar-refractivity contribution >= 4 is 39.8 Å². The van der Waals surface area contributed by atoms with E-state index < -0.39 is 9.84 Å². The van der Waals surface area contributed by atoms with E-state index in [1.54, 1.807) is 24.3 Å². The summed E-state index contributed by atoms with van der Waals surface area (Å²) in [7, 11) is -3.25. The number of rotatable bonds is 9. The van der Waals surface area contributed by atoms with Gasteiger partial charge in [0.2, 0.25) is 0 Å². The highest BCUT2D eigenvalue weighted by molar-refractivity contribution is 14.0. The standard InChI is InChI=1S/C17H29N3O2S.HI/c1-4-18-17(19-12-8-9-15(2)3)20-13-14-23(21,22)16-10-6-5-7-11-16;/h5-7,10-11,15H,4,8-9,12-14H2,1-3H3,(H2,18,19,20);1H. The average molecular weight is 467 g/mol. The third kappa shape index (κ3) is 9.46. The zero-order valence-electron chi connectivity index (χ0n) is 14.8. The van der Waals surface area contributed by atoms with Crippen LogP contribution in [-0.4, -0.2) is 39.8 Å². The number of hydrogen-bond acceptors (Lipinski definition) is 3. The van der Waals surface area contributed by atoms with Crippen LogP contribution < -0.4 is 10.6 Å². The summed E-state index contributed by atoms with van der Waals surface area (Å²) in [6, 6.07) is 8.53. The van der Waals surface area contributed by atoms with E-state index in [1.165, 1.54) is 0 Å². The summed E-state index contributed by atoms with van der Waals surface area (Å²) < 4.78 is 24.4. The molecule has 0 amide bonds. The van der Waals surface area contributed by atoms with Gasteiger partial charge >= 0.3 is 0 Å². The van der Waals surface area contributed by atoms with Crippen LogP contribution in [0.1, 0.15) is 33.6 Å². The van der Waals surface area contributed by atoms with E-state index in [4.69, 9.17) is 0 Å². The molecule has 5 nitrogen and oxygen atoms in total. The molecule has 1 rings (SSSR count). The third-order valence-electron chi connectivity index (χ3n) is 3.32. The van der Waals surface area contributed by atoms with Crippen molar-refractivity contribution in [1.82, 2.24) is 10.6 Å². The van der Waals surface area contributed by atoms with Gasteiger partial charge in [-0.3, -0.25) is 4.99 Å². The maximum Gasteiger partial charge on any atom is 0.191 e. The van der Waals surface area contributed by atoms with E-state index in [1.807, 2.05) is 13.0 Å². The number of sulfone groups is 1. The van der Waals surface area contributed by atoms with Crippen LogP contribution in [-0.2, 0) is 9.84 Å². The Balaban J connectivity index is 0.00000529. The topological polar surface area (TPSA) is 70.6 Å². The molecule has 0 spiro atoms. The van der Waals surface area contributed by atoms with E-state index in [0.29, 0.717) is 23.3 Å². The van der Waals surface area contributed by atoms with Crippen LogP contribution in [0, 0.1) is 5.92 Å². The molecule has 24 heavy (non-hydrogen) atoms. The first-order valence-electron chi connectivity index (χ1n) is 8.25. The van der Waals surface area contributed by atoms with Crippen molar-refractivity contribution in [2.75, 3.05) is 25.4 Å². The molecule has 0 radical (unpaired) electrons. The lowest BCUT2D eigenvalue weighted by atomic mass is 10.1. The van der Waals surface area contributed by atoms with Crippen LogP contribution in [0.25, 0.3) is 0 Å². The van der Waals surface area contributed by atoms with Crippen molar-refractivity contribution in [2.45, 2.75) is 38.5 Å². The van der Waals surface area contributed by atoms with Crippen LogP contribution >= 0.6 is 24.0 Å². The summed E-state index contributed by atoms with van der Waals surface area (Å²) in [6.07, 6.45) is 2.18. The normalized spacial score (nSPS) is 11.9. The molecule has 0 bridgehead atoms. The highest BCUT2D eigenvalue weighted by atomic mass is 127. The van der Waals surface area contributed by atoms with Gasteiger partial charge in [0.1, 0.15) is 0 Å². The van der Waals surface area contributed by atoms with Crippen molar-refractivity contribution in [2.24, 2.45) is 10.9 Å². The second kappa shape index (κ2) is 12.5. The van der Waals surface area contributed by atoms with Gasteiger partial charge in [-0.2, -0.15) is 0 Å². The van der Waals surface area contributed by atoms with Crippen LogP contribution in [0.3, 0.4) is 0 Å². The zero-order chi connectivity index (χ0) is 17.1. The molecule has 0 aliphatic carbocycles. The SMILES string of the molecule is CCNC(=NCCCC(C)C)NCCS(=O)(=O)c1ccccc1.I. The van der Waals surface area contributed by atoms with Gasteiger partial charge in [-0.25, -0.2) is 8.42 Å². The van der Waals surface area contributed by atoms with E-state index in [9.17, 15) is 8.42 Å². The number of nitrogens with zero attached hydrogens (tertiary/aromatic N) is 1. The molecule has 1 aromatic carbocycles. The van der Waals surface area contributed by atoms with Crippen LogP contribution in [0.15, 0.2) is 40.2 Å². The second-order valence-corrected chi connectivity index (χ2v) is 7.96. The first kappa shape index (κ1) is 23.2. The number of nitrogens with one attached hydrogen (secondary N) is 2. The molecule has 0 aromatic heterocycles. The Bertz CT molecular complexity index is 575. The summed E-state index contributed by atoms with van der Waals surface area (Å²) in [6.45, 7) is 8.23. The summed E-state index contributed by atoms with van der Waals surface area (Å²) in [5.74, 6) is 1.41. The van der Waals surface area contributed by atoms with Crippen molar-refractivity contribution in [3.63, 3.8) is 0 Å². The number of benzene rings is 1. The lowest BCUT2D eigenvalue weighted by Crippen LogP contribution is -2.39. The molecular formula is C17H30IN3O2S. The molecular weight excluding hydrogens is 437 g/mol. The lowest BCUT2D eigenvalue weighted by Gasteiger charge is -2.12. The van der Waals surface area contributed by atoms with Crippen LogP contribution in [0.2, 0.25) is 0 Å². The van der Waals surface area contributed by atoms with E-state index in [2.05, 4.69) is 29.5 Å². The van der Waals surface area contributed by atoms with Crippen molar-refractivity contribution in [1.29, 1.82) is 0 Å². The predicted octanol–water partition coefficient (Wildman–Crippen LogP) is 3.07. The number of aliphatic imine (C=N–C) groups is 1. The average Bonchev–Trinajstić information content (AvgIpc) is 2.52. The first-order chi connectivity index (χ1) is 11.0. The van der Waals surface area contributed by atoms with Gasteiger partial charge in [-0.1, -0.05) is 32.0 Å². The second-order valence-electron chi connectivity index (χ2n) is 5.86. The molecule has 2 N–H and O–H groups in total. The van der Waals surface area contributed by atoms with Gasteiger partial charge in [-0.05, 0) is 37.8 Å². The summed E-state index contributed by atoms with van der Waals surface area (Å²) in [5.41, 5.74) is 0. The van der Waals surface area contributed by atoms with Gasteiger partial charge in [0.05, 0.1) is 10.6 Å². The quantitative estimate of drug-likeness (QED) is 0.254. The lowest BCUT2D eigenvalue weighted by molar-refractivity contribution is 0.560. The molecule has 0 unspecified atom stereocenters. The Labute approximate surface area is 163 Å². The fourth-order valence-electron chi connectivity index (χ4n) is 2.08. The van der Waals surface area contributed by atoms with Gasteiger partial charge in [0.15, 0.2) is 15.8 Å². The van der Waals surface area contributed by atoms with Crippen LogP contribution in [0.4, 0.5) is 0 Å². The molecule has 0 saturated heterocycles. The minimum atomic E-state index is -3.25. The van der Waals surface area contributed by atoms with E-state index in [0.717, 1.165) is 25.9 Å². The van der Waals surface area contributed by atoms with E-state index >= 15 is 0 Å². The molecule has 0 atom stereocenters. The van der Waals surface area contributed by atoms with Crippen molar-refractivity contribution < 1.29 is 8.42 Å². The summed E-state index contributed by atoms with van der Waals surface area (Å²) in [5, 5.41) is 6.24. The highest BCUT2D eigenvalue weighted by Crippen LogP contribution is 2.09. The van der Waals surface area contributed by atoms with Crippen molar-refractivity contribution in [3.05, 3.63) is 30.3 Å². The van der Waals surface area contributed by atoms with Crippen LogP contribution in [0.5, 0.6) is 0 Å². The maximum atomic E-state index is 12.2. The fourth-order valence-corrected chi connectivity index (χ4v) is 3.26. The highest BCUT2D eigenvalue weighted by Gasteiger charge is 2.13. The van der Waals surface area contributed by atoms with E-state index in [-0.39, 0.29) is 29.7 Å². The monoisotopic (exact) mass is 467 g/mol. The molecule has 0 aliphatic heterocycles. The fraction of sp³-hybridized carbons (Fsp3) is 0.588. The van der Waals surface area contributed by atoms with Crippen molar-refractivity contribution in [3.8, 4) is 0 Å². The minimum absolute atomic E-state index is 0. The van der Waals surface area contributed by atoms with Gasteiger partial charge < -0.3 is 10.6 Å². The first-order valence-corrected chi connectivity index (χ1v) is 9.91. The Hall–Kier alpha value is -0.830. The number of hydrogen-bond donors (Lipinski definition) is 2. The molecule has 7 heteroatoms. The molecule has 0 fully saturated rings. The minimum Gasteiger partial charge on any atom is -0.357 e. The summed E-state index contributed by atoms with van der Waals surface area (Å²) >= 11 is 0. The number of halogens is 1. The largest absolute Gasteiger partial charge is 0.357 e. The Morgan fingerprint density at radius 2 is 1.83 bits per heavy atom. The Morgan fingerprint density at radius 3 is 2.42 bits per heavy atom. The Kier molecular flexibility index (Phi) is 12.1. The number of guanidine groups is 1. The molecule has 138 valence electrons. The predicted molar refractivity (Wildman–Crippen MR) is 112 cm³/mol. The maximum absolute atomic E-state index is 12.2.